The normalized spacial score (nSPS) is 51.9. The van der Waals surface area contributed by atoms with Gasteiger partial charge in [0.05, 0.1) is 33.0 Å². The molecular formula is C36H60O32. The highest BCUT2D eigenvalue weighted by Gasteiger charge is 2.58. The van der Waals surface area contributed by atoms with Crippen LogP contribution in [0.2, 0.25) is 0 Å². The number of hydrogen-bond acceptors (Lipinski definition) is 31. The molecule has 396 valence electrons. The molecular weight excluding hydrogens is 944 g/mol. The molecule has 0 spiro atoms. The van der Waals surface area contributed by atoms with Crippen molar-refractivity contribution in [3.8, 4) is 0 Å². The molecule has 0 aromatic carbocycles. The van der Waals surface area contributed by atoms with Crippen LogP contribution in [0, 0.1) is 0 Å². The number of aliphatic hydroxyl groups is 19. The third kappa shape index (κ3) is 11.1. The van der Waals surface area contributed by atoms with Crippen molar-refractivity contribution in [2.45, 2.75) is 184 Å². The van der Waals surface area contributed by atoms with Gasteiger partial charge in [-0.15, -0.1) is 0 Å². The van der Waals surface area contributed by atoms with Crippen LogP contribution in [-0.2, 0) is 56.9 Å². The molecule has 6 aliphatic heterocycles. The van der Waals surface area contributed by atoms with Crippen molar-refractivity contribution in [3.05, 3.63) is 0 Å². The Kier molecular flexibility index (Phi) is 19.2. The average Bonchev–Trinajstić information content (AvgIpc) is 3.60. The van der Waals surface area contributed by atoms with E-state index in [9.17, 15) is 107 Å². The highest BCUT2D eigenvalue weighted by molar-refractivity contribution is 5.73. The molecule has 0 saturated carbocycles. The Bertz CT molecular complexity index is 1580. The van der Waals surface area contributed by atoms with E-state index in [2.05, 4.69) is 0 Å². The molecule has 6 rings (SSSR count). The lowest BCUT2D eigenvalue weighted by Gasteiger charge is -2.48. The third-order valence-corrected chi connectivity index (χ3v) is 12.4. The molecule has 6 heterocycles. The van der Waals surface area contributed by atoms with Gasteiger partial charge < -0.3 is 154 Å². The van der Waals surface area contributed by atoms with E-state index in [0.717, 1.165) is 0 Å². The van der Waals surface area contributed by atoms with Crippen molar-refractivity contribution in [2.24, 2.45) is 0 Å². The van der Waals surface area contributed by atoms with E-state index in [1.165, 1.54) is 0 Å². The summed E-state index contributed by atoms with van der Waals surface area (Å²) in [5.41, 5.74) is 0. The zero-order valence-electron chi connectivity index (χ0n) is 35.2. The summed E-state index contributed by atoms with van der Waals surface area (Å²) in [5, 5.41) is 209. The molecule has 0 amide bonds. The lowest BCUT2D eigenvalue weighted by atomic mass is 9.96. The van der Waals surface area contributed by atoms with E-state index in [0.29, 0.717) is 0 Å². The average molecular weight is 1000 g/mol. The van der Waals surface area contributed by atoms with Gasteiger partial charge in [0.2, 0.25) is 0 Å². The summed E-state index contributed by atoms with van der Waals surface area (Å²) >= 11 is 0. The van der Waals surface area contributed by atoms with Gasteiger partial charge in [-0.2, -0.15) is 0 Å². The molecule has 0 radical (unpaired) electrons. The number of ether oxygens (including phenoxy) is 11. The smallest absolute Gasteiger partial charge is 0.335 e. The van der Waals surface area contributed by atoms with Crippen LogP contribution in [0.3, 0.4) is 0 Å². The lowest BCUT2D eigenvalue weighted by molar-refractivity contribution is -0.381. The maximum Gasteiger partial charge on any atom is 0.335 e. The molecule has 32 nitrogen and oxygen atoms in total. The van der Waals surface area contributed by atoms with Gasteiger partial charge in [0.25, 0.3) is 0 Å². The third-order valence-electron chi connectivity index (χ3n) is 12.4. The molecule has 0 bridgehead atoms. The Morgan fingerprint density at radius 1 is 0.382 bits per heavy atom. The van der Waals surface area contributed by atoms with Gasteiger partial charge in [0.15, 0.2) is 43.8 Å². The van der Waals surface area contributed by atoms with Gasteiger partial charge in [-0.25, -0.2) is 4.79 Å². The fourth-order valence-corrected chi connectivity index (χ4v) is 8.49. The number of carbonyl (C=O) groups is 1. The van der Waals surface area contributed by atoms with Crippen molar-refractivity contribution in [1.82, 2.24) is 0 Å². The first-order valence-corrected chi connectivity index (χ1v) is 21.1. The second-order valence-corrected chi connectivity index (χ2v) is 16.8. The predicted octanol–water partition coefficient (Wildman–Crippen LogP) is -14.0. The van der Waals surface area contributed by atoms with Gasteiger partial charge >= 0.3 is 5.97 Å². The second-order valence-electron chi connectivity index (χ2n) is 16.8. The summed E-state index contributed by atoms with van der Waals surface area (Å²) in [5.74, 6) is -1.77. The van der Waals surface area contributed by atoms with E-state index >= 15 is 0 Å². The maximum absolute atomic E-state index is 11.5. The highest BCUT2D eigenvalue weighted by Crippen LogP contribution is 2.37. The fourth-order valence-electron chi connectivity index (χ4n) is 8.49. The minimum absolute atomic E-state index is 0.841. The molecule has 30 atom stereocenters. The van der Waals surface area contributed by atoms with Crippen LogP contribution in [0.1, 0.15) is 0 Å². The van der Waals surface area contributed by atoms with Gasteiger partial charge in [0, 0.05) is 0 Å². The van der Waals surface area contributed by atoms with Gasteiger partial charge in [-0.1, -0.05) is 0 Å². The zero-order chi connectivity index (χ0) is 50.2. The molecule has 68 heavy (non-hydrogen) atoms. The topological polar surface area (TPSA) is 523 Å². The largest absolute Gasteiger partial charge is 0.479 e. The van der Waals surface area contributed by atoms with Crippen LogP contribution in [0.5, 0.6) is 0 Å². The summed E-state index contributed by atoms with van der Waals surface area (Å²) in [6.45, 7) is -5.01. The molecule has 32 heteroatoms. The number of aliphatic carboxylic acids is 1. The van der Waals surface area contributed by atoms with E-state index < -0.39 is 223 Å². The van der Waals surface area contributed by atoms with Crippen LogP contribution in [0.15, 0.2) is 0 Å². The summed E-state index contributed by atoms with van der Waals surface area (Å²) in [6.07, 6.45) is -58.9. The molecule has 6 fully saturated rings. The minimum atomic E-state index is -2.23. The van der Waals surface area contributed by atoms with E-state index in [1.54, 1.807) is 0 Å². The number of hydrogen-bond donors (Lipinski definition) is 20. The molecule has 6 aliphatic rings. The van der Waals surface area contributed by atoms with Crippen molar-refractivity contribution in [1.29, 1.82) is 0 Å². The first-order chi connectivity index (χ1) is 32.1. The number of aliphatic hydroxyl groups excluding tert-OH is 19. The summed E-state index contributed by atoms with van der Waals surface area (Å²) < 4.78 is 60.2. The number of carboxylic acid groups (broad SMARTS) is 1. The lowest BCUT2D eigenvalue weighted by Crippen LogP contribution is -2.67. The molecule has 20 N–H and O–H groups in total. The van der Waals surface area contributed by atoms with Gasteiger partial charge in [-0.05, 0) is 0 Å². The van der Waals surface area contributed by atoms with Crippen molar-refractivity contribution >= 4 is 5.97 Å². The Labute approximate surface area is 382 Å². The van der Waals surface area contributed by atoms with E-state index in [-0.39, 0.29) is 0 Å². The van der Waals surface area contributed by atoms with Crippen LogP contribution in [0.25, 0.3) is 0 Å². The second kappa shape index (κ2) is 23.4. The Morgan fingerprint density at radius 2 is 0.735 bits per heavy atom. The number of carboxylic acids is 1. The maximum atomic E-state index is 11.5. The highest BCUT2D eigenvalue weighted by atomic mass is 16.8. The molecule has 6 unspecified atom stereocenters. The Hall–Kier alpha value is -1.73. The van der Waals surface area contributed by atoms with E-state index in [4.69, 9.17) is 52.1 Å². The van der Waals surface area contributed by atoms with Crippen LogP contribution < -0.4 is 0 Å². The monoisotopic (exact) mass is 1000 g/mol. The van der Waals surface area contributed by atoms with E-state index in [1.807, 2.05) is 0 Å². The predicted molar refractivity (Wildman–Crippen MR) is 200 cm³/mol. The van der Waals surface area contributed by atoms with Crippen molar-refractivity contribution in [2.75, 3.05) is 33.0 Å². The fraction of sp³-hybridized carbons (Fsp3) is 0.972. The number of rotatable bonds is 17. The van der Waals surface area contributed by atoms with Crippen molar-refractivity contribution in [3.63, 3.8) is 0 Å². The Morgan fingerprint density at radius 3 is 1.15 bits per heavy atom. The van der Waals surface area contributed by atoms with Crippen LogP contribution in [-0.4, -0.2) is 325 Å². The van der Waals surface area contributed by atoms with Crippen molar-refractivity contribution < 1.29 is 159 Å². The van der Waals surface area contributed by atoms with Crippen LogP contribution in [0.4, 0.5) is 0 Å². The van der Waals surface area contributed by atoms with Gasteiger partial charge in [0.1, 0.15) is 140 Å². The summed E-state index contributed by atoms with van der Waals surface area (Å²) in [6, 6.07) is 0. The van der Waals surface area contributed by atoms with Gasteiger partial charge in [-0.3, -0.25) is 0 Å². The summed E-state index contributed by atoms with van der Waals surface area (Å²) in [7, 11) is 0. The standard InChI is InChI=1S/C36H60O32/c37-1-6-11(42)12(43)18(49)33(58-6)64-24-7(2-38)59-32(20(51)15(24)46)62-10(5-41)27-28(23(54)31(57)63-27)67-35-22(53)17(48)25(8(3-39)61-35)65-34-21(52)16(47)26(9(4-40)60-34)66-36-19(50)13(44)14(45)29(68-36)30(55)56/h6-29,31-54,57H,1-5H2,(H,55,56)/t6-,7-,8-,9-,10-,11+,12+,13+,14-,15-,16-,17-,18-,19-,20-,21-,22-,23-,24-,25+,26-,27+,28-,29+,31?,32?,33?,34?,35?,36?/m1/s1. The SMILES string of the molecule is O=C(O)[C@H]1OC(O[C@H]2[C@H](O)[C@@H](O)C(O[C@@H]3[C@H](O)[C@@H](O)C(O[C@H]4[C@H]([C@@H](CO)OC5O[C@H](CO)[C@@H](OC6O[C@H](CO)[C@H](O)[C@H](O)[C@H]6O)[C@H](O)[C@H]5O)OC(O)[C@@H]4O)O[C@@H]3CO)O[C@@H]2CO)[C@H](O)[C@@H](O)[C@H]1O. The first-order valence-electron chi connectivity index (χ1n) is 21.1. The molecule has 6 saturated heterocycles. The minimum Gasteiger partial charge on any atom is -0.479 e. The quantitative estimate of drug-likeness (QED) is 0.0643. The molecule has 0 aromatic rings. The zero-order valence-corrected chi connectivity index (χ0v) is 35.2. The molecule has 0 aromatic heterocycles. The Balaban J connectivity index is 1.10. The van der Waals surface area contributed by atoms with Crippen LogP contribution >= 0.6 is 0 Å². The first kappa shape index (κ1) is 55.6. The summed E-state index contributed by atoms with van der Waals surface area (Å²) in [4.78, 5) is 11.5. The molecule has 0 aliphatic carbocycles.